The van der Waals surface area contributed by atoms with E-state index in [2.05, 4.69) is 10.6 Å². The maximum absolute atomic E-state index is 11.8. The molecule has 142 valence electrons. The summed E-state index contributed by atoms with van der Waals surface area (Å²) in [6.07, 6.45) is 0.757. The highest BCUT2D eigenvalue weighted by Crippen LogP contribution is 2.48. The first-order valence-electron chi connectivity index (χ1n) is 8.28. The number of carbonyl (C=O) groups excluding carboxylic acids is 3. The van der Waals surface area contributed by atoms with Gasteiger partial charge in [0, 0.05) is 23.6 Å². The van der Waals surface area contributed by atoms with Crippen molar-refractivity contribution in [2.24, 2.45) is 0 Å². The number of esters is 1. The fourth-order valence-corrected chi connectivity index (χ4v) is 5.02. The minimum Gasteiger partial charge on any atom is -0.482 e. The number of nitrogens with one attached hydrogen (secondary N) is 2. The molecule has 0 bridgehead atoms. The lowest BCUT2D eigenvalue weighted by Crippen LogP contribution is -2.41. The van der Waals surface area contributed by atoms with Crippen LogP contribution < -0.4 is 15.4 Å². The van der Waals surface area contributed by atoms with Crippen molar-refractivity contribution in [1.82, 2.24) is 10.6 Å². The highest BCUT2D eigenvalue weighted by Gasteiger charge is 2.22. The van der Waals surface area contributed by atoms with Gasteiger partial charge in [0.15, 0.2) is 13.2 Å². The molecule has 3 amide bonds. The Balaban J connectivity index is 1.74. The fraction of sp³-hybridized carbons (Fsp3) is 0.471. The van der Waals surface area contributed by atoms with E-state index in [9.17, 15) is 14.4 Å². The smallest absolute Gasteiger partial charge is 0.344 e. The Bertz CT molecular complexity index is 635. The van der Waals surface area contributed by atoms with Gasteiger partial charge >= 0.3 is 12.0 Å². The molecule has 0 spiro atoms. The van der Waals surface area contributed by atoms with Crippen LogP contribution in [0.25, 0.3) is 0 Å². The number of benzene rings is 1. The minimum atomic E-state index is -0.689. The van der Waals surface area contributed by atoms with E-state index in [4.69, 9.17) is 9.47 Å². The second-order valence-electron chi connectivity index (χ2n) is 5.36. The molecule has 9 heteroatoms. The van der Waals surface area contributed by atoms with Crippen LogP contribution >= 0.6 is 23.5 Å². The molecule has 1 aliphatic heterocycles. The number of thioether (sulfide) groups is 2. The highest BCUT2D eigenvalue weighted by molar-refractivity contribution is 8.19. The first-order valence-corrected chi connectivity index (χ1v) is 10.4. The molecule has 1 aromatic carbocycles. The van der Waals surface area contributed by atoms with Gasteiger partial charge < -0.3 is 14.8 Å². The zero-order chi connectivity index (χ0) is 18.8. The van der Waals surface area contributed by atoms with Crippen LogP contribution in [0.1, 0.15) is 23.5 Å². The molecule has 0 radical (unpaired) electrons. The Morgan fingerprint density at radius 1 is 1.15 bits per heavy atom. The zero-order valence-electron chi connectivity index (χ0n) is 14.5. The van der Waals surface area contributed by atoms with E-state index in [1.54, 1.807) is 0 Å². The van der Waals surface area contributed by atoms with Gasteiger partial charge in [-0.1, -0.05) is 25.1 Å². The Labute approximate surface area is 160 Å². The average Bonchev–Trinajstić information content (AvgIpc) is 3.17. The van der Waals surface area contributed by atoms with Crippen LogP contribution in [0, 0.1) is 0 Å². The molecule has 0 aromatic heterocycles. The van der Waals surface area contributed by atoms with Crippen molar-refractivity contribution in [1.29, 1.82) is 0 Å². The summed E-state index contributed by atoms with van der Waals surface area (Å²) in [5.74, 6) is 1.46. The number of amides is 3. The van der Waals surface area contributed by atoms with Crippen LogP contribution in [0.4, 0.5) is 4.79 Å². The standard InChI is InChI=1S/C17H22N2O5S2/c1-2-7-18-17(22)19-14(20)10-24-15(21)11-23-13-6-4-3-5-12(13)16-25-8-9-26-16/h3-6,16H,2,7-11H2,1H3,(H2,18,19,20,22). The molecule has 0 atom stereocenters. The number of ether oxygens (including phenoxy) is 2. The van der Waals surface area contributed by atoms with Crippen LogP contribution in [-0.2, 0) is 14.3 Å². The van der Waals surface area contributed by atoms with E-state index in [-0.39, 0.29) is 6.61 Å². The molecular weight excluding hydrogens is 376 g/mol. The quantitative estimate of drug-likeness (QED) is 0.649. The first kappa shape index (κ1) is 20.4. The molecule has 0 unspecified atom stereocenters. The van der Waals surface area contributed by atoms with Crippen molar-refractivity contribution in [3.05, 3.63) is 29.8 Å². The van der Waals surface area contributed by atoms with Crippen molar-refractivity contribution < 1.29 is 23.9 Å². The number of para-hydroxylation sites is 1. The van der Waals surface area contributed by atoms with E-state index >= 15 is 0 Å². The fourth-order valence-electron chi connectivity index (χ4n) is 2.11. The van der Waals surface area contributed by atoms with Crippen molar-refractivity contribution in [3.8, 4) is 5.75 Å². The summed E-state index contributed by atoms with van der Waals surface area (Å²) in [5, 5.41) is 4.57. The molecule has 1 fully saturated rings. The number of hydrogen-bond donors (Lipinski definition) is 2. The number of urea groups is 1. The monoisotopic (exact) mass is 398 g/mol. The molecule has 1 heterocycles. The maximum atomic E-state index is 11.8. The molecule has 2 N–H and O–H groups in total. The normalized spacial score (nSPS) is 13.9. The lowest BCUT2D eigenvalue weighted by molar-refractivity contribution is -0.150. The van der Waals surface area contributed by atoms with Crippen molar-refractivity contribution in [3.63, 3.8) is 0 Å². The second kappa shape index (κ2) is 11.0. The van der Waals surface area contributed by atoms with Gasteiger partial charge in [0.25, 0.3) is 5.91 Å². The van der Waals surface area contributed by atoms with Crippen molar-refractivity contribution >= 4 is 41.4 Å². The summed E-state index contributed by atoms with van der Waals surface area (Å²) in [5.41, 5.74) is 1.04. The van der Waals surface area contributed by atoms with Crippen LogP contribution in [0.15, 0.2) is 24.3 Å². The van der Waals surface area contributed by atoms with Crippen molar-refractivity contribution in [2.45, 2.75) is 17.9 Å². The summed E-state index contributed by atoms with van der Waals surface area (Å²) in [4.78, 5) is 34.6. The van der Waals surface area contributed by atoms with E-state index < -0.39 is 24.5 Å². The van der Waals surface area contributed by atoms with E-state index in [1.165, 1.54) is 0 Å². The predicted octanol–water partition coefficient (Wildman–Crippen LogP) is 2.32. The third-order valence-corrected chi connectivity index (χ3v) is 6.36. The van der Waals surface area contributed by atoms with Gasteiger partial charge in [-0.05, 0) is 12.5 Å². The molecule has 0 saturated carbocycles. The summed E-state index contributed by atoms with van der Waals surface area (Å²) < 4.78 is 10.7. The highest BCUT2D eigenvalue weighted by atomic mass is 32.2. The second-order valence-corrected chi connectivity index (χ2v) is 8.09. The van der Waals surface area contributed by atoms with Gasteiger partial charge in [-0.3, -0.25) is 10.1 Å². The van der Waals surface area contributed by atoms with Gasteiger partial charge in [-0.15, -0.1) is 23.5 Å². The molecule has 7 nitrogen and oxygen atoms in total. The Hall–Kier alpha value is -1.87. The molecular formula is C17H22N2O5S2. The van der Waals surface area contributed by atoms with Gasteiger partial charge in [0.1, 0.15) is 5.75 Å². The number of rotatable bonds is 8. The maximum Gasteiger partial charge on any atom is 0.344 e. The average molecular weight is 399 g/mol. The van der Waals surface area contributed by atoms with Gasteiger partial charge in [-0.25, -0.2) is 9.59 Å². The predicted molar refractivity (Wildman–Crippen MR) is 102 cm³/mol. The summed E-state index contributed by atoms with van der Waals surface area (Å²) in [6, 6.07) is 6.97. The third kappa shape index (κ3) is 6.80. The minimum absolute atomic E-state index is 0.297. The molecule has 2 rings (SSSR count). The SMILES string of the molecule is CCCNC(=O)NC(=O)COC(=O)COc1ccccc1C1SCCS1. The van der Waals surface area contributed by atoms with Gasteiger partial charge in [0.2, 0.25) is 0 Å². The van der Waals surface area contributed by atoms with E-state index in [1.807, 2.05) is 54.7 Å². The molecule has 26 heavy (non-hydrogen) atoms. The van der Waals surface area contributed by atoms with Crippen LogP contribution in [0.2, 0.25) is 0 Å². The summed E-state index contributed by atoms with van der Waals surface area (Å²) in [6.45, 7) is 1.53. The summed E-state index contributed by atoms with van der Waals surface area (Å²) in [7, 11) is 0. The largest absolute Gasteiger partial charge is 0.482 e. The van der Waals surface area contributed by atoms with Gasteiger partial charge in [0.05, 0.1) is 4.58 Å². The Morgan fingerprint density at radius 3 is 2.62 bits per heavy atom. The van der Waals surface area contributed by atoms with Crippen molar-refractivity contribution in [2.75, 3.05) is 31.3 Å². The lowest BCUT2D eigenvalue weighted by Gasteiger charge is -2.14. The van der Waals surface area contributed by atoms with E-state index in [0.717, 1.165) is 23.5 Å². The first-order chi connectivity index (χ1) is 12.6. The lowest BCUT2D eigenvalue weighted by atomic mass is 10.2. The number of carbonyl (C=O) groups is 3. The zero-order valence-corrected chi connectivity index (χ0v) is 16.1. The Morgan fingerprint density at radius 2 is 1.88 bits per heavy atom. The Kier molecular flexibility index (Phi) is 8.63. The summed E-state index contributed by atoms with van der Waals surface area (Å²) >= 11 is 3.69. The number of imide groups is 1. The van der Waals surface area contributed by atoms with Gasteiger partial charge in [-0.2, -0.15) is 0 Å². The van der Waals surface area contributed by atoms with Crippen LogP contribution in [0.3, 0.4) is 0 Å². The molecule has 1 aromatic rings. The molecule has 0 aliphatic carbocycles. The van der Waals surface area contributed by atoms with E-state index in [0.29, 0.717) is 16.9 Å². The molecule has 1 aliphatic rings. The third-order valence-electron chi connectivity index (χ3n) is 3.29. The number of hydrogen-bond acceptors (Lipinski definition) is 7. The van der Waals surface area contributed by atoms with Crippen LogP contribution in [0.5, 0.6) is 5.75 Å². The topological polar surface area (TPSA) is 93.7 Å². The molecule has 1 saturated heterocycles. The van der Waals surface area contributed by atoms with Crippen LogP contribution in [-0.4, -0.2) is 49.2 Å².